The second kappa shape index (κ2) is 34.3. The number of fused-ring (bicyclic) bond motifs is 12. The summed E-state index contributed by atoms with van der Waals surface area (Å²) < 4.78 is 47.2. The maximum Gasteiger partial charge on any atom is 0.246 e. The molecule has 4 aromatic carbocycles. The Morgan fingerprint density at radius 3 is 2.15 bits per heavy atom. The quantitative estimate of drug-likeness (QED) is 0.0938. The number of allylic oxidation sites excluding steroid dienone is 1. The maximum atomic E-state index is 15.5. The second-order valence-electron chi connectivity index (χ2n) is 24.4. The summed E-state index contributed by atoms with van der Waals surface area (Å²) in [7, 11) is 4.25. The molecule has 5 aromatic rings. The SMILES string of the molecule is COc1ccc(C[C@@H]2NC(=O)[C@H]([C@@H](C)OC)NC(=O)[C@@H]3CCC/C=C\COc4cccc(c4)CC(NC(=O)[C@@H](C)NC(=O)[C@H](C)NC(=O)CCSCc4cc(F)cc(c4)CSCCNC(=O)[C@]4(C)CCCN4C2=O)C(=O)N[C@@H](Cc2c[nH]c4ccc(F)cc24)C(=O)N3C)cc1. The smallest absolute Gasteiger partial charge is 0.246 e. The largest absolute Gasteiger partial charge is 0.497 e. The van der Waals surface area contributed by atoms with Crippen LogP contribution in [0, 0.1) is 11.6 Å². The lowest BCUT2D eigenvalue weighted by Gasteiger charge is -2.37. The Balaban J connectivity index is 1.15. The number of aromatic nitrogens is 1. The van der Waals surface area contributed by atoms with Crippen LogP contribution in [0.1, 0.15) is 94.0 Å². The number of halogens is 2. The molecular formula is C69H86F2N10O12S2. The third kappa shape index (κ3) is 19.8. The number of hydrogen-bond donors (Lipinski definition) is 8. The molecule has 9 atom stereocenters. The van der Waals surface area contributed by atoms with Gasteiger partial charge in [0.2, 0.25) is 53.2 Å². The van der Waals surface area contributed by atoms with E-state index in [0.717, 1.165) is 5.56 Å². The number of ether oxygens (including phenoxy) is 3. The van der Waals surface area contributed by atoms with Crippen molar-refractivity contribution in [2.24, 2.45) is 0 Å². The van der Waals surface area contributed by atoms with Crippen LogP contribution in [0.4, 0.5) is 8.78 Å². The Hall–Kier alpha value is -8.49. The van der Waals surface area contributed by atoms with Crippen molar-refractivity contribution in [3.8, 4) is 11.5 Å². The minimum Gasteiger partial charge on any atom is -0.497 e. The molecule has 26 heteroatoms. The van der Waals surface area contributed by atoms with Crippen LogP contribution in [-0.2, 0) is 78.7 Å². The van der Waals surface area contributed by atoms with Crippen LogP contribution in [0.25, 0.3) is 10.9 Å². The highest BCUT2D eigenvalue weighted by atomic mass is 32.2. The predicted molar refractivity (Wildman–Crippen MR) is 359 cm³/mol. The number of nitrogens with one attached hydrogen (secondary N) is 8. The highest BCUT2D eigenvalue weighted by molar-refractivity contribution is 7.98. The van der Waals surface area contributed by atoms with Gasteiger partial charge in [-0.1, -0.05) is 42.5 Å². The summed E-state index contributed by atoms with van der Waals surface area (Å²) in [5.74, 6) is -4.52. The lowest BCUT2D eigenvalue weighted by atomic mass is 9.95. The molecule has 0 saturated carbocycles. The molecule has 22 nitrogen and oxygen atoms in total. The van der Waals surface area contributed by atoms with Gasteiger partial charge in [0.1, 0.15) is 77.6 Å². The van der Waals surface area contributed by atoms with Gasteiger partial charge >= 0.3 is 0 Å². The van der Waals surface area contributed by atoms with E-state index >= 15 is 24.0 Å². The van der Waals surface area contributed by atoms with Crippen LogP contribution >= 0.6 is 23.5 Å². The van der Waals surface area contributed by atoms with Crippen molar-refractivity contribution in [3.63, 3.8) is 0 Å². The molecule has 1 saturated heterocycles. The van der Waals surface area contributed by atoms with Gasteiger partial charge in [0.05, 0.1) is 13.2 Å². The molecule has 6 bridgehead atoms. The molecule has 1 fully saturated rings. The van der Waals surface area contributed by atoms with Crippen molar-refractivity contribution in [2.45, 2.75) is 151 Å². The summed E-state index contributed by atoms with van der Waals surface area (Å²) in [5, 5.41) is 20.1. The van der Waals surface area contributed by atoms with Crippen LogP contribution in [0.15, 0.2) is 103 Å². The number of hydrogen-bond acceptors (Lipinski definition) is 14. The number of nitrogens with zero attached hydrogens (tertiary/aromatic N) is 2. The third-order valence-corrected chi connectivity index (χ3v) is 19.4. The van der Waals surface area contributed by atoms with Crippen molar-refractivity contribution in [3.05, 3.63) is 143 Å². The minimum absolute atomic E-state index is 0.0142. The lowest BCUT2D eigenvalue weighted by molar-refractivity contribution is -0.147. The van der Waals surface area contributed by atoms with Gasteiger partial charge in [0.25, 0.3) is 0 Å². The van der Waals surface area contributed by atoms with Gasteiger partial charge in [-0.3, -0.25) is 43.2 Å². The van der Waals surface area contributed by atoms with Crippen molar-refractivity contribution in [2.75, 3.05) is 52.5 Å². The first-order valence-electron chi connectivity index (χ1n) is 31.9. The Bertz CT molecular complexity index is 3600. The Morgan fingerprint density at radius 2 is 1.41 bits per heavy atom. The first kappa shape index (κ1) is 72.3. The minimum atomic E-state index is -1.51. The van der Waals surface area contributed by atoms with Gasteiger partial charge in [-0.2, -0.15) is 23.5 Å². The average molecular weight is 1350 g/mol. The van der Waals surface area contributed by atoms with Crippen molar-refractivity contribution in [1.82, 2.24) is 52.0 Å². The molecule has 510 valence electrons. The van der Waals surface area contributed by atoms with Gasteiger partial charge in [-0.15, -0.1) is 0 Å². The summed E-state index contributed by atoms with van der Waals surface area (Å²) in [6, 6.07) is 13.2. The van der Waals surface area contributed by atoms with Gasteiger partial charge in [0, 0.05) is 93.0 Å². The van der Waals surface area contributed by atoms with E-state index in [9.17, 15) is 28.0 Å². The number of aromatic amines is 1. The van der Waals surface area contributed by atoms with Gasteiger partial charge in [-0.05, 0) is 142 Å². The lowest BCUT2D eigenvalue weighted by Crippen LogP contribution is -2.63. The molecule has 3 aliphatic rings. The Morgan fingerprint density at radius 1 is 0.705 bits per heavy atom. The highest BCUT2D eigenvalue weighted by Crippen LogP contribution is 2.31. The zero-order chi connectivity index (χ0) is 68.3. The molecule has 8 rings (SSSR count). The number of rotatable bonds is 7. The molecule has 0 aliphatic carbocycles. The number of likely N-dealkylation sites (N-methyl/N-ethyl adjacent to an activating group) is 1. The first-order valence-corrected chi connectivity index (χ1v) is 34.2. The number of amides is 9. The van der Waals surface area contributed by atoms with Gasteiger partial charge < -0.3 is 66.2 Å². The standard InChI is InChI=1S/C69H86F2N10O12S2/c1-41-61(83)75-42(2)62(84)76-55-35-45-14-12-15-52(33-45)93-27-11-9-8-10-16-58(80(5)66(88)57(77-63(55)85)36-48-38-73-54-22-19-49(70)37-53(48)54)64(86)79-60(43(3)91-6)65(87)78-56(34-44-17-20-51(92-7)21-18-44)67(89)81-26-13-24-69(81,4)68(90)72-25-29-95-40-47-30-46(31-50(71)32-47)39-94-28-23-59(82)74-41/h9,11-12,14-15,17-22,30-33,37-38,41-43,55-58,60,73H,8,10,13,16,23-29,34-36,39-40H2,1-7H3,(H,72,90)(H,74,82)(H,75,83)(H,76,84)(H,77,85)(H,78,87)(H,79,86)/b11-9-/t41-,42+,43+,55?,56-,57-,58-,60-,69-/m0/s1. The topological polar surface area (TPSA) is 288 Å². The molecule has 1 aromatic heterocycles. The Kier molecular flexibility index (Phi) is 26.1. The number of H-pyrrole nitrogens is 1. The van der Waals surface area contributed by atoms with E-state index in [0.29, 0.717) is 93.4 Å². The second-order valence-corrected chi connectivity index (χ2v) is 26.6. The van der Waals surface area contributed by atoms with Crippen LogP contribution in [0.2, 0.25) is 0 Å². The third-order valence-electron chi connectivity index (χ3n) is 17.3. The molecule has 95 heavy (non-hydrogen) atoms. The maximum absolute atomic E-state index is 15.5. The zero-order valence-electron chi connectivity index (χ0n) is 54.6. The molecule has 1 unspecified atom stereocenters. The van der Waals surface area contributed by atoms with E-state index in [1.807, 2.05) is 12.1 Å². The van der Waals surface area contributed by atoms with Crippen LogP contribution in [0.3, 0.4) is 0 Å². The summed E-state index contributed by atoms with van der Waals surface area (Å²) in [4.78, 5) is 137. The molecule has 4 heterocycles. The van der Waals surface area contributed by atoms with E-state index in [1.165, 1.54) is 98.8 Å². The van der Waals surface area contributed by atoms with Crippen molar-refractivity contribution < 1.29 is 66.1 Å². The zero-order valence-corrected chi connectivity index (χ0v) is 56.2. The highest BCUT2D eigenvalue weighted by Gasteiger charge is 2.48. The molecule has 0 radical (unpaired) electrons. The monoisotopic (exact) mass is 1350 g/mol. The first-order chi connectivity index (χ1) is 45.5. The van der Waals surface area contributed by atoms with Gasteiger partial charge in [0.15, 0.2) is 0 Å². The van der Waals surface area contributed by atoms with Crippen molar-refractivity contribution >= 4 is 87.6 Å². The van der Waals surface area contributed by atoms with E-state index in [1.54, 1.807) is 74.7 Å². The van der Waals surface area contributed by atoms with E-state index < -0.39 is 119 Å². The fourth-order valence-corrected chi connectivity index (χ4v) is 13.5. The number of thioether (sulfide) groups is 2. The van der Waals surface area contributed by atoms with Gasteiger partial charge in [-0.25, -0.2) is 8.78 Å². The molecule has 0 spiro atoms. The fourth-order valence-electron chi connectivity index (χ4n) is 11.8. The van der Waals surface area contributed by atoms with E-state index in [4.69, 9.17) is 14.2 Å². The molecule has 8 N–H and O–H groups in total. The normalized spacial score (nSPS) is 25.1. The Labute approximate surface area is 560 Å². The summed E-state index contributed by atoms with van der Waals surface area (Å²) in [5.41, 5.74) is 2.21. The number of benzene rings is 4. The summed E-state index contributed by atoms with van der Waals surface area (Å²) in [6.07, 6.45) is 5.30. The molecular weight excluding hydrogens is 1260 g/mol. The van der Waals surface area contributed by atoms with E-state index in [-0.39, 0.29) is 51.8 Å². The number of carbonyl (C=O) groups is 9. The van der Waals surface area contributed by atoms with Crippen LogP contribution in [-0.4, -0.2) is 174 Å². The van der Waals surface area contributed by atoms with Crippen LogP contribution < -0.4 is 46.7 Å². The van der Waals surface area contributed by atoms with E-state index in [2.05, 4.69) is 42.2 Å². The van der Waals surface area contributed by atoms with Crippen LogP contribution in [0.5, 0.6) is 11.5 Å². The average Bonchev–Trinajstić information content (AvgIpc) is 1.76. The number of methoxy groups -OCH3 is 2. The van der Waals surface area contributed by atoms with Crippen molar-refractivity contribution in [1.29, 1.82) is 0 Å². The fraction of sp³-hybridized carbons (Fsp3) is 0.464. The summed E-state index contributed by atoms with van der Waals surface area (Å²) in [6.45, 7) is 6.65. The molecule has 9 amide bonds. The number of carbonyl (C=O) groups excluding carboxylic acids is 9. The summed E-state index contributed by atoms with van der Waals surface area (Å²) >= 11 is 2.88. The molecule has 3 aliphatic heterocycles. The predicted octanol–water partition coefficient (Wildman–Crippen LogP) is 5.48.